The van der Waals surface area contributed by atoms with Crippen LogP contribution in [0, 0.1) is 5.92 Å². The molecule has 1 N–H and O–H groups in total. The Morgan fingerprint density at radius 2 is 2.05 bits per heavy atom. The lowest BCUT2D eigenvalue weighted by Crippen LogP contribution is -2.23. The van der Waals surface area contributed by atoms with E-state index >= 15 is 0 Å². The Hall–Kier alpha value is -0.960. The first-order chi connectivity index (χ1) is 9.06. The summed E-state index contributed by atoms with van der Waals surface area (Å²) >= 11 is 1.83. The van der Waals surface area contributed by atoms with Crippen molar-refractivity contribution < 1.29 is 0 Å². The predicted octanol–water partition coefficient (Wildman–Crippen LogP) is 4.74. The van der Waals surface area contributed by atoms with E-state index < -0.39 is 0 Å². The highest BCUT2D eigenvalue weighted by atomic mass is 32.2. The zero-order chi connectivity index (χ0) is 13.8. The van der Waals surface area contributed by atoms with Gasteiger partial charge in [0.05, 0.1) is 6.04 Å². The molecule has 0 aliphatic carbocycles. The van der Waals surface area contributed by atoms with Gasteiger partial charge in [-0.2, -0.15) is 0 Å². The first-order valence-corrected chi connectivity index (χ1v) is 8.12. The highest BCUT2D eigenvalue weighted by Crippen LogP contribution is 2.25. The first kappa shape index (κ1) is 14.4. The molecule has 1 aliphatic heterocycles. The molecule has 0 fully saturated rings. The van der Waals surface area contributed by atoms with Crippen molar-refractivity contribution in [2.45, 2.75) is 46.1 Å². The number of nitrogens with one attached hydrogen (secondary N) is 1. The van der Waals surface area contributed by atoms with Gasteiger partial charge in [-0.15, -0.1) is 0 Å². The van der Waals surface area contributed by atoms with Crippen LogP contribution in [-0.4, -0.2) is 17.0 Å². The standard InChI is InChI=1S/C16H24N2S/c1-11(2)13-6-5-7-14(10-13)17-16-18-15(12(3)4)8-9-19-16/h5-7,10-12,15H,8-9H2,1-4H3,(H,17,18). The molecule has 1 aromatic rings. The molecule has 1 aromatic carbocycles. The minimum Gasteiger partial charge on any atom is -0.335 e. The summed E-state index contributed by atoms with van der Waals surface area (Å²) in [5.74, 6) is 2.35. The molecule has 0 bridgehead atoms. The van der Waals surface area contributed by atoms with Crippen molar-refractivity contribution in [1.82, 2.24) is 0 Å². The van der Waals surface area contributed by atoms with Crippen LogP contribution in [0.2, 0.25) is 0 Å². The number of nitrogens with zero attached hydrogens (tertiary/aromatic N) is 1. The number of rotatable bonds is 3. The second kappa shape index (κ2) is 6.47. The third kappa shape index (κ3) is 4.00. The minimum atomic E-state index is 0.469. The summed E-state index contributed by atoms with van der Waals surface area (Å²) in [4.78, 5) is 4.82. The Kier molecular flexibility index (Phi) is 4.92. The Balaban J connectivity index is 2.10. The SMILES string of the molecule is CC(C)c1cccc(NC2=NC(C(C)C)CCS2)c1. The summed E-state index contributed by atoms with van der Waals surface area (Å²) in [6.07, 6.45) is 1.19. The van der Waals surface area contributed by atoms with E-state index in [1.165, 1.54) is 17.7 Å². The molecule has 19 heavy (non-hydrogen) atoms. The first-order valence-electron chi connectivity index (χ1n) is 7.14. The van der Waals surface area contributed by atoms with Crippen molar-refractivity contribution in [3.63, 3.8) is 0 Å². The molecule has 3 heteroatoms. The Bertz CT molecular complexity index is 452. The van der Waals surface area contributed by atoms with Gasteiger partial charge in [-0.3, -0.25) is 4.99 Å². The third-order valence-electron chi connectivity index (χ3n) is 3.51. The van der Waals surface area contributed by atoms with E-state index in [4.69, 9.17) is 4.99 Å². The summed E-state index contributed by atoms with van der Waals surface area (Å²) in [6.45, 7) is 8.95. The molecule has 2 rings (SSSR count). The molecule has 0 spiro atoms. The van der Waals surface area contributed by atoms with Gasteiger partial charge < -0.3 is 5.32 Å². The molecule has 1 heterocycles. The Morgan fingerprint density at radius 3 is 2.74 bits per heavy atom. The van der Waals surface area contributed by atoms with Crippen LogP contribution in [0.4, 0.5) is 5.69 Å². The summed E-state index contributed by atoms with van der Waals surface area (Å²) in [6, 6.07) is 9.12. The lowest BCUT2D eigenvalue weighted by atomic mass is 10.0. The van der Waals surface area contributed by atoms with Gasteiger partial charge in [-0.25, -0.2) is 0 Å². The summed E-state index contributed by atoms with van der Waals surface area (Å²) in [5.41, 5.74) is 2.52. The molecule has 1 aliphatic rings. The van der Waals surface area contributed by atoms with Gasteiger partial charge in [0.25, 0.3) is 0 Å². The van der Waals surface area contributed by atoms with E-state index in [1.54, 1.807) is 0 Å². The average molecular weight is 276 g/mol. The lowest BCUT2D eigenvalue weighted by molar-refractivity contribution is 0.485. The quantitative estimate of drug-likeness (QED) is 0.862. The fraction of sp³-hybridized carbons (Fsp3) is 0.562. The Labute approximate surface area is 121 Å². The van der Waals surface area contributed by atoms with E-state index in [1.807, 2.05) is 11.8 Å². The van der Waals surface area contributed by atoms with Crippen LogP contribution in [0.25, 0.3) is 0 Å². The van der Waals surface area contributed by atoms with Gasteiger partial charge in [0, 0.05) is 11.4 Å². The number of benzene rings is 1. The zero-order valence-electron chi connectivity index (χ0n) is 12.3. The molecule has 1 unspecified atom stereocenters. The van der Waals surface area contributed by atoms with Gasteiger partial charge in [0.1, 0.15) is 0 Å². The van der Waals surface area contributed by atoms with Gasteiger partial charge in [0.15, 0.2) is 5.17 Å². The van der Waals surface area contributed by atoms with Crippen LogP contribution in [0.3, 0.4) is 0 Å². The summed E-state index contributed by atoms with van der Waals surface area (Å²) < 4.78 is 0. The van der Waals surface area contributed by atoms with Crippen molar-refractivity contribution in [2.75, 3.05) is 11.1 Å². The fourth-order valence-corrected chi connectivity index (χ4v) is 3.13. The van der Waals surface area contributed by atoms with Crippen molar-refractivity contribution in [3.05, 3.63) is 29.8 Å². The van der Waals surface area contributed by atoms with Crippen molar-refractivity contribution in [3.8, 4) is 0 Å². The largest absolute Gasteiger partial charge is 0.335 e. The Morgan fingerprint density at radius 1 is 1.26 bits per heavy atom. The molecular formula is C16H24N2S. The van der Waals surface area contributed by atoms with Crippen LogP contribution >= 0.6 is 11.8 Å². The third-order valence-corrected chi connectivity index (χ3v) is 4.43. The molecule has 0 saturated carbocycles. The van der Waals surface area contributed by atoms with Crippen molar-refractivity contribution in [2.24, 2.45) is 10.9 Å². The summed E-state index contributed by atoms with van der Waals surface area (Å²) in [5, 5.41) is 4.55. The number of anilines is 1. The van der Waals surface area contributed by atoms with Crippen molar-refractivity contribution in [1.29, 1.82) is 0 Å². The number of amidine groups is 1. The lowest BCUT2D eigenvalue weighted by Gasteiger charge is -2.23. The van der Waals surface area contributed by atoms with E-state index in [9.17, 15) is 0 Å². The van der Waals surface area contributed by atoms with Gasteiger partial charge in [-0.1, -0.05) is 51.6 Å². The van der Waals surface area contributed by atoms with Gasteiger partial charge in [0.2, 0.25) is 0 Å². The van der Waals surface area contributed by atoms with Crippen LogP contribution < -0.4 is 5.32 Å². The topological polar surface area (TPSA) is 24.4 Å². The smallest absolute Gasteiger partial charge is 0.161 e. The van der Waals surface area contributed by atoms with E-state index in [0.29, 0.717) is 17.9 Å². The number of aliphatic imine (C=N–C) groups is 1. The maximum Gasteiger partial charge on any atom is 0.161 e. The highest BCUT2D eigenvalue weighted by Gasteiger charge is 2.18. The van der Waals surface area contributed by atoms with Crippen LogP contribution in [0.15, 0.2) is 29.3 Å². The van der Waals surface area contributed by atoms with Crippen LogP contribution in [0.5, 0.6) is 0 Å². The number of hydrogen-bond acceptors (Lipinski definition) is 3. The molecule has 1 atom stereocenters. The minimum absolute atomic E-state index is 0.469. The molecule has 0 saturated heterocycles. The molecule has 0 amide bonds. The summed E-state index contributed by atoms with van der Waals surface area (Å²) in [7, 11) is 0. The number of hydrogen-bond donors (Lipinski definition) is 1. The number of thioether (sulfide) groups is 1. The van der Waals surface area contributed by atoms with Crippen molar-refractivity contribution >= 4 is 22.6 Å². The second-order valence-corrected chi connectivity index (χ2v) is 6.87. The normalized spacial score (nSPS) is 19.7. The molecular weight excluding hydrogens is 252 g/mol. The average Bonchev–Trinajstić information content (AvgIpc) is 2.39. The van der Waals surface area contributed by atoms with Crippen LogP contribution in [0.1, 0.15) is 45.6 Å². The molecule has 104 valence electrons. The van der Waals surface area contributed by atoms with E-state index in [0.717, 1.165) is 10.9 Å². The second-order valence-electron chi connectivity index (χ2n) is 5.79. The van der Waals surface area contributed by atoms with E-state index in [-0.39, 0.29) is 0 Å². The zero-order valence-corrected chi connectivity index (χ0v) is 13.1. The monoisotopic (exact) mass is 276 g/mol. The van der Waals surface area contributed by atoms with Gasteiger partial charge >= 0.3 is 0 Å². The maximum absolute atomic E-state index is 4.82. The molecule has 0 aromatic heterocycles. The maximum atomic E-state index is 4.82. The predicted molar refractivity (Wildman–Crippen MR) is 87.3 cm³/mol. The highest BCUT2D eigenvalue weighted by molar-refractivity contribution is 8.14. The van der Waals surface area contributed by atoms with E-state index in [2.05, 4.69) is 57.3 Å². The van der Waals surface area contributed by atoms with Crippen LogP contribution in [-0.2, 0) is 0 Å². The molecule has 0 radical (unpaired) electrons. The fourth-order valence-electron chi connectivity index (χ4n) is 2.18. The molecule has 2 nitrogen and oxygen atoms in total. The van der Waals surface area contributed by atoms with Gasteiger partial charge in [-0.05, 0) is 36.0 Å².